The smallest absolute Gasteiger partial charge is 0.329 e. The molecule has 0 fully saturated rings. The van der Waals surface area contributed by atoms with Crippen molar-refractivity contribution in [2.24, 2.45) is 0 Å². The number of hydrogen-bond acceptors (Lipinski definition) is 3. The minimum atomic E-state index is -1.00. The molecule has 64 valence electrons. The molecule has 0 radical (unpaired) electrons. The van der Waals surface area contributed by atoms with E-state index in [2.05, 4.69) is 0 Å². The van der Waals surface area contributed by atoms with Crippen LogP contribution in [0, 0.1) is 0 Å². The van der Waals surface area contributed by atoms with Crippen molar-refractivity contribution in [3.8, 4) is 0 Å². The molecule has 0 aromatic rings. The normalized spacial score (nSPS) is 11.6. The van der Waals surface area contributed by atoms with Crippen LogP contribution in [-0.4, -0.2) is 15.6 Å². The Morgan fingerprint density at radius 1 is 1.64 bits per heavy atom. The van der Waals surface area contributed by atoms with Gasteiger partial charge >= 0.3 is 5.97 Å². The summed E-state index contributed by atoms with van der Waals surface area (Å²) in [5.74, 6) is -1.00. The number of aliphatic carboxylic acids is 1. The number of hydrogen-bond donors (Lipinski definition) is 2. The number of carbonyl (C=O) groups is 1. The predicted molar refractivity (Wildman–Crippen MR) is 45.5 cm³/mol. The van der Waals surface area contributed by atoms with Crippen LogP contribution in [0.1, 0.15) is 26.2 Å². The van der Waals surface area contributed by atoms with Gasteiger partial charge in [0.2, 0.25) is 0 Å². The van der Waals surface area contributed by atoms with Crippen molar-refractivity contribution in [3.63, 3.8) is 0 Å². The molecule has 4 heteroatoms. The summed E-state index contributed by atoms with van der Waals surface area (Å²) in [5, 5.41) is 8.31. The van der Waals surface area contributed by atoms with Crippen molar-refractivity contribution in [2.45, 2.75) is 26.2 Å². The van der Waals surface area contributed by atoms with E-state index in [4.69, 9.17) is 9.66 Å². The van der Waals surface area contributed by atoms with Crippen molar-refractivity contribution in [3.05, 3.63) is 11.0 Å². The molecule has 0 aliphatic rings. The molecule has 3 nitrogen and oxygen atoms in total. The van der Waals surface area contributed by atoms with Crippen LogP contribution in [-0.2, 0) is 4.79 Å². The van der Waals surface area contributed by atoms with E-state index in [-0.39, 0.29) is 0 Å². The van der Waals surface area contributed by atoms with E-state index in [1.165, 1.54) is 0 Å². The van der Waals surface area contributed by atoms with Crippen molar-refractivity contribution in [1.29, 1.82) is 0 Å². The molecular formula is C7H12O3S. The number of carboxylic acid groups (broad SMARTS) is 1. The number of carboxylic acids is 1. The van der Waals surface area contributed by atoms with Gasteiger partial charge in [-0.2, -0.15) is 0 Å². The largest absolute Gasteiger partial charge is 0.478 e. The summed E-state index contributed by atoms with van der Waals surface area (Å²) in [5.41, 5.74) is 0. The molecule has 0 aliphatic heterocycles. The second kappa shape index (κ2) is 6.24. The van der Waals surface area contributed by atoms with Crippen LogP contribution in [0.15, 0.2) is 11.0 Å². The molecule has 2 N–H and O–H groups in total. The third kappa shape index (κ3) is 5.94. The number of rotatable bonds is 5. The van der Waals surface area contributed by atoms with Gasteiger partial charge in [-0.3, -0.25) is 0 Å². The molecule has 0 saturated carbocycles. The molecule has 0 amide bonds. The van der Waals surface area contributed by atoms with Gasteiger partial charge in [0.25, 0.3) is 0 Å². The summed E-state index contributed by atoms with van der Waals surface area (Å²) in [4.78, 5) is 10.6. The monoisotopic (exact) mass is 176 g/mol. The second-order valence-corrected chi connectivity index (χ2v) is 2.85. The molecule has 0 aromatic carbocycles. The van der Waals surface area contributed by atoms with E-state index in [1.54, 1.807) is 0 Å². The summed E-state index contributed by atoms with van der Waals surface area (Å²) in [7, 11) is 0. The molecule has 11 heavy (non-hydrogen) atoms. The minimum Gasteiger partial charge on any atom is -0.478 e. The van der Waals surface area contributed by atoms with Crippen LogP contribution in [0.3, 0.4) is 0 Å². The Morgan fingerprint density at radius 3 is 2.64 bits per heavy atom. The van der Waals surface area contributed by atoms with E-state index < -0.39 is 5.97 Å². The van der Waals surface area contributed by atoms with Crippen LogP contribution in [0.2, 0.25) is 0 Å². The van der Waals surface area contributed by atoms with Gasteiger partial charge in [-0.05, 0) is 12.8 Å². The standard InChI is InChI=1S/C7H12O3S/c1-2-3-4-6(11-10)5-7(8)9/h5,10H,2-4H2,1H3,(H,8,9). The zero-order valence-corrected chi connectivity index (χ0v) is 7.23. The predicted octanol–water partition coefficient (Wildman–Crippen LogP) is 2.35. The lowest BCUT2D eigenvalue weighted by atomic mass is 10.2. The Kier molecular flexibility index (Phi) is 5.97. The quantitative estimate of drug-likeness (QED) is 0.498. The van der Waals surface area contributed by atoms with E-state index in [9.17, 15) is 4.79 Å². The average Bonchev–Trinajstić information content (AvgIpc) is 1.97. The van der Waals surface area contributed by atoms with Gasteiger partial charge in [0.05, 0.1) is 0 Å². The van der Waals surface area contributed by atoms with Gasteiger partial charge < -0.3 is 9.66 Å². The molecule has 0 spiro atoms. The van der Waals surface area contributed by atoms with Crippen LogP contribution >= 0.6 is 12.0 Å². The maximum absolute atomic E-state index is 10.1. The summed E-state index contributed by atoms with van der Waals surface area (Å²) in [6.07, 6.45) is 3.59. The minimum absolute atomic E-state index is 0.513. The fourth-order valence-electron chi connectivity index (χ4n) is 0.633. The fourth-order valence-corrected chi connectivity index (χ4v) is 1.02. The lowest BCUT2D eigenvalue weighted by Crippen LogP contribution is -1.90. The van der Waals surface area contributed by atoms with E-state index >= 15 is 0 Å². The molecular weight excluding hydrogens is 164 g/mol. The first-order valence-electron chi connectivity index (χ1n) is 3.45. The molecule has 0 unspecified atom stereocenters. The SMILES string of the molecule is CCCCC(=CC(=O)O)SO. The van der Waals surface area contributed by atoms with Crippen molar-refractivity contribution in [1.82, 2.24) is 0 Å². The lowest BCUT2D eigenvalue weighted by molar-refractivity contribution is -0.131. The first kappa shape index (κ1) is 10.5. The van der Waals surface area contributed by atoms with Gasteiger partial charge in [0, 0.05) is 23.0 Å². The van der Waals surface area contributed by atoms with E-state index in [1.807, 2.05) is 6.92 Å². The summed E-state index contributed by atoms with van der Waals surface area (Å²) in [6.45, 7) is 2.01. The van der Waals surface area contributed by atoms with E-state index in [0.717, 1.165) is 18.9 Å². The van der Waals surface area contributed by atoms with Gasteiger partial charge in [0.1, 0.15) is 0 Å². The molecule has 0 saturated heterocycles. The third-order valence-electron chi connectivity index (χ3n) is 1.18. The third-order valence-corrected chi connectivity index (χ3v) is 1.73. The van der Waals surface area contributed by atoms with Crippen LogP contribution in [0.25, 0.3) is 0 Å². The molecule has 0 heterocycles. The van der Waals surface area contributed by atoms with Gasteiger partial charge in [0.15, 0.2) is 0 Å². The van der Waals surface area contributed by atoms with E-state index in [0.29, 0.717) is 23.4 Å². The Balaban J connectivity index is 3.84. The highest BCUT2D eigenvalue weighted by atomic mass is 32.2. The molecule has 0 aromatic heterocycles. The van der Waals surface area contributed by atoms with Crippen LogP contribution in [0.4, 0.5) is 0 Å². The lowest BCUT2D eigenvalue weighted by Gasteiger charge is -1.98. The summed E-state index contributed by atoms with van der Waals surface area (Å²) >= 11 is 0.518. The van der Waals surface area contributed by atoms with Crippen molar-refractivity contribution in [2.75, 3.05) is 0 Å². The zero-order chi connectivity index (χ0) is 8.69. The number of allylic oxidation sites excluding steroid dienone is 1. The maximum Gasteiger partial charge on any atom is 0.329 e. The maximum atomic E-state index is 10.1. The molecule has 0 rings (SSSR count). The molecule has 0 atom stereocenters. The highest BCUT2D eigenvalue weighted by molar-refractivity contribution is 7.97. The van der Waals surface area contributed by atoms with Crippen molar-refractivity contribution >= 4 is 18.0 Å². The first-order chi connectivity index (χ1) is 5.20. The zero-order valence-electron chi connectivity index (χ0n) is 6.41. The molecule has 0 bridgehead atoms. The number of unbranched alkanes of at least 4 members (excludes halogenated alkanes) is 1. The molecule has 0 aliphatic carbocycles. The Bertz CT molecular complexity index is 154. The first-order valence-corrected chi connectivity index (χ1v) is 4.23. The Morgan fingerprint density at radius 2 is 2.27 bits per heavy atom. The van der Waals surface area contributed by atoms with Gasteiger partial charge in [-0.15, -0.1) is 0 Å². The summed E-state index contributed by atoms with van der Waals surface area (Å²) in [6, 6.07) is 0. The van der Waals surface area contributed by atoms with Gasteiger partial charge in [-0.25, -0.2) is 4.79 Å². The highest BCUT2D eigenvalue weighted by Crippen LogP contribution is 2.17. The van der Waals surface area contributed by atoms with Crippen LogP contribution in [0.5, 0.6) is 0 Å². The van der Waals surface area contributed by atoms with Gasteiger partial charge in [-0.1, -0.05) is 13.3 Å². The highest BCUT2D eigenvalue weighted by Gasteiger charge is 1.99. The topological polar surface area (TPSA) is 57.5 Å². The fraction of sp³-hybridized carbons (Fsp3) is 0.571. The Labute approximate surface area is 70.3 Å². The van der Waals surface area contributed by atoms with Crippen molar-refractivity contribution < 1.29 is 14.5 Å². The Hall–Kier alpha value is -0.480. The average molecular weight is 176 g/mol. The van der Waals surface area contributed by atoms with Crippen LogP contribution < -0.4 is 0 Å². The second-order valence-electron chi connectivity index (χ2n) is 2.14. The summed E-state index contributed by atoms with van der Waals surface area (Å²) < 4.78 is 8.59.